The zero-order chi connectivity index (χ0) is 13.0. The van der Waals surface area contributed by atoms with Crippen LogP contribution in [-0.4, -0.2) is 36.6 Å². The second kappa shape index (κ2) is 6.36. The number of hydrogen-bond donors (Lipinski definition) is 1. The van der Waals surface area contributed by atoms with Gasteiger partial charge in [0.1, 0.15) is 5.82 Å². The third-order valence-electron chi connectivity index (χ3n) is 2.77. The van der Waals surface area contributed by atoms with Gasteiger partial charge in [0, 0.05) is 18.8 Å². The lowest BCUT2D eigenvalue weighted by Crippen LogP contribution is -2.36. The number of halogens is 1. The van der Waals surface area contributed by atoms with Gasteiger partial charge in [-0.3, -0.25) is 0 Å². The van der Waals surface area contributed by atoms with Crippen LogP contribution in [-0.2, 0) is 0 Å². The fraction of sp³-hybridized carbons (Fsp3) is 0.615. The van der Waals surface area contributed by atoms with Gasteiger partial charge in [-0.15, -0.1) is 0 Å². The molecule has 3 nitrogen and oxygen atoms in total. The van der Waals surface area contributed by atoms with Crippen LogP contribution in [0.2, 0.25) is 0 Å². The summed E-state index contributed by atoms with van der Waals surface area (Å²) in [5.41, 5.74) is 1.20. The number of likely N-dealkylation sites (N-methyl/N-ethyl adjacent to an activating group) is 1. The fourth-order valence-electron chi connectivity index (χ4n) is 1.63. The van der Waals surface area contributed by atoms with E-state index in [9.17, 15) is 0 Å². The molecular formula is C13H22BrN3. The summed E-state index contributed by atoms with van der Waals surface area (Å²) < 4.78 is 1.06. The summed E-state index contributed by atoms with van der Waals surface area (Å²) in [6.07, 6.45) is 1.84. The van der Waals surface area contributed by atoms with E-state index in [2.05, 4.69) is 66.0 Å². The second-order valence-corrected chi connectivity index (χ2v) is 5.84. The van der Waals surface area contributed by atoms with Crippen molar-refractivity contribution >= 4 is 21.7 Å². The van der Waals surface area contributed by atoms with Gasteiger partial charge in [0.05, 0.1) is 4.47 Å². The molecule has 0 aliphatic carbocycles. The smallest absolute Gasteiger partial charge is 0.140 e. The van der Waals surface area contributed by atoms with E-state index in [0.29, 0.717) is 12.0 Å². The SMILES string of the molecule is Cc1ccnc(NC(CN(C)C)C(C)C)c1Br. The Morgan fingerprint density at radius 1 is 1.41 bits per heavy atom. The van der Waals surface area contributed by atoms with E-state index >= 15 is 0 Å². The minimum atomic E-state index is 0.399. The van der Waals surface area contributed by atoms with Crippen LogP contribution in [0.4, 0.5) is 5.82 Å². The van der Waals surface area contributed by atoms with Crippen LogP contribution in [0.3, 0.4) is 0 Å². The van der Waals surface area contributed by atoms with Gasteiger partial charge in [-0.25, -0.2) is 4.98 Å². The molecule has 1 unspecified atom stereocenters. The highest BCUT2D eigenvalue weighted by atomic mass is 79.9. The van der Waals surface area contributed by atoms with E-state index in [-0.39, 0.29) is 0 Å². The normalized spacial score (nSPS) is 13.2. The fourth-order valence-corrected chi connectivity index (χ4v) is 1.98. The van der Waals surface area contributed by atoms with Crippen molar-refractivity contribution < 1.29 is 0 Å². The molecule has 0 spiro atoms. The maximum absolute atomic E-state index is 4.39. The van der Waals surface area contributed by atoms with Gasteiger partial charge in [-0.05, 0) is 54.5 Å². The molecule has 4 heteroatoms. The number of aryl methyl sites for hydroxylation is 1. The molecule has 1 aromatic rings. The van der Waals surface area contributed by atoms with E-state index in [1.54, 1.807) is 0 Å². The highest BCUT2D eigenvalue weighted by molar-refractivity contribution is 9.10. The number of pyridine rings is 1. The first-order valence-corrected chi connectivity index (χ1v) is 6.73. The van der Waals surface area contributed by atoms with Gasteiger partial charge in [0.25, 0.3) is 0 Å². The minimum absolute atomic E-state index is 0.399. The molecule has 0 amide bonds. The zero-order valence-electron chi connectivity index (χ0n) is 11.3. The van der Waals surface area contributed by atoms with Crippen LogP contribution in [0.5, 0.6) is 0 Å². The molecule has 1 heterocycles. The van der Waals surface area contributed by atoms with Gasteiger partial charge in [0.15, 0.2) is 0 Å². The van der Waals surface area contributed by atoms with Gasteiger partial charge in [-0.1, -0.05) is 13.8 Å². The van der Waals surface area contributed by atoms with Gasteiger partial charge >= 0.3 is 0 Å². The van der Waals surface area contributed by atoms with Crippen LogP contribution < -0.4 is 5.32 Å². The molecule has 0 saturated heterocycles. The molecule has 0 bridgehead atoms. The first kappa shape index (κ1) is 14.5. The van der Waals surface area contributed by atoms with Crippen molar-refractivity contribution in [3.05, 3.63) is 22.3 Å². The largest absolute Gasteiger partial charge is 0.365 e. The molecular weight excluding hydrogens is 278 g/mol. The third kappa shape index (κ3) is 4.28. The molecule has 0 radical (unpaired) electrons. The Balaban J connectivity index is 2.82. The lowest BCUT2D eigenvalue weighted by atomic mass is 10.0. The highest BCUT2D eigenvalue weighted by Crippen LogP contribution is 2.24. The molecule has 1 rings (SSSR count). The van der Waals surface area contributed by atoms with E-state index in [1.165, 1.54) is 5.56 Å². The third-order valence-corrected chi connectivity index (χ3v) is 3.77. The Labute approximate surface area is 113 Å². The molecule has 1 aromatic heterocycles. The van der Waals surface area contributed by atoms with Crippen molar-refractivity contribution in [1.29, 1.82) is 0 Å². The Bertz CT molecular complexity index is 364. The quantitative estimate of drug-likeness (QED) is 0.905. The first-order chi connectivity index (χ1) is 7.91. The standard InChI is InChI=1S/C13H22BrN3/c1-9(2)11(8-17(4)5)16-13-12(14)10(3)6-7-15-13/h6-7,9,11H,8H2,1-5H3,(H,15,16). The number of aromatic nitrogens is 1. The molecule has 1 N–H and O–H groups in total. The number of anilines is 1. The van der Waals surface area contributed by atoms with Gasteiger partial charge in [-0.2, -0.15) is 0 Å². The molecule has 1 atom stereocenters. The summed E-state index contributed by atoms with van der Waals surface area (Å²) in [7, 11) is 4.19. The Hall–Kier alpha value is -0.610. The predicted octanol–water partition coefficient (Wildman–Crippen LogP) is 3.15. The average molecular weight is 300 g/mol. The van der Waals surface area contributed by atoms with E-state index in [4.69, 9.17) is 0 Å². The zero-order valence-corrected chi connectivity index (χ0v) is 12.9. The molecule has 96 valence electrons. The lowest BCUT2D eigenvalue weighted by molar-refractivity contribution is 0.344. The number of rotatable bonds is 5. The van der Waals surface area contributed by atoms with Gasteiger partial charge < -0.3 is 10.2 Å². The molecule has 0 saturated carbocycles. The van der Waals surface area contributed by atoms with Crippen LogP contribution in [0, 0.1) is 12.8 Å². The van der Waals surface area contributed by atoms with Crippen LogP contribution in [0.15, 0.2) is 16.7 Å². The average Bonchev–Trinajstić information content (AvgIpc) is 2.22. The lowest BCUT2D eigenvalue weighted by Gasteiger charge is -2.26. The Morgan fingerprint density at radius 2 is 2.06 bits per heavy atom. The van der Waals surface area contributed by atoms with E-state index in [1.807, 2.05) is 12.3 Å². The summed E-state index contributed by atoms with van der Waals surface area (Å²) in [5, 5.41) is 3.52. The molecule has 0 aliphatic heterocycles. The Morgan fingerprint density at radius 3 is 2.59 bits per heavy atom. The summed E-state index contributed by atoms with van der Waals surface area (Å²) >= 11 is 3.59. The minimum Gasteiger partial charge on any atom is -0.365 e. The van der Waals surface area contributed by atoms with E-state index in [0.717, 1.165) is 16.8 Å². The summed E-state index contributed by atoms with van der Waals surface area (Å²) in [5.74, 6) is 1.50. The second-order valence-electron chi connectivity index (χ2n) is 5.05. The molecule has 17 heavy (non-hydrogen) atoms. The summed E-state index contributed by atoms with van der Waals surface area (Å²) in [6, 6.07) is 2.40. The highest BCUT2D eigenvalue weighted by Gasteiger charge is 2.16. The monoisotopic (exact) mass is 299 g/mol. The van der Waals surface area contributed by atoms with Crippen molar-refractivity contribution in [2.75, 3.05) is 26.0 Å². The van der Waals surface area contributed by atoms with Gasteiger partial charge in [0.2, 0.25) is 0 Å². The molecule has 0 aliphatic rings. The predicted molar refractivity (Wildman–Crippen MR) is 77.5 cm³/mol. The maximum atomic E-state index is 4.39. The van der Waals surface area contributed by atoms with Crippen molar-refractivity contribution in [3.8, 4) is 0 Å². The topological polar surface area (TPSA) is 28.2 Å². The van der Waals surface area contributed by atoms with Crippen LogP contribution >= 0.6 is 15.9 Å². The molecule has 0 fully saturated rings. The summed E-state index contributed by atoms with van der Waals surface area (Å²) in [6.45, 7) is 7.53. The van der Waals surface area contributed by atoms with E-state index < -0.39 is 0 Å². The van der Waals surface area contributed by atoms with Crippen LogP contribution in [0.1, 0.15) is 19.4 Å². The molecule has 0 aromatic carbocycles. The number of nitrogens with zero attached hydrogens (tertiary/aromatic N) is 2. The number of hydrogen-bond acceptors (Lipinski definition) is 3. The number of nitrogens with one attached hydrogen (secondary N) is 1. The maximum Gasteiger partial charge on any atom is 0.140 e. The van der Waals surface area contributed by atoms with Crippen molar-refractivity contribution in [2.45, 2.75) is 26.8 Å². The Kier molecular flexibility index (Phi) is 5.40. The summed E-state index contributed by atoms with van der Waals surface area (Å²) in [4.78, 5) is 6.59. The van der Waals surface area contributed by atoms with Crippen molar-refractivity contribution in [2.24, 2.45) is 5.92 Å². The van der Waals surface area contributed by atoms with Crippen LogP contribution in [0.25, 0.3) is 0 Å². The van der Waals surface area contributed by atoms with Crippen molar-refractivity contribution in [3.63, 3.8) is 0 Å². The first-order valence-electron chi connectivity index (χ1n) is 5.94. The van der Waals surface area contributed by atoms with Crippen molar-refractivity contribution in [1.82, 2.24) is 9.88 Å².